The molecule has 4 aromatic rings. The fourth-order valence-corrected chi connectivity index (χ4v) is 3.40. The summed E-state index contributed by atoms with van der Waals surface area (Å²) in [7, 11) is 0. The van der Waals surface area contributed by atoms with Gasteiger partial charge >= 0.3 is 0 Å². The highest BCUT2D eigenvalue weighted by Gasteiger charge is 2.06. The molecule has 2 heterocycles. The summed E-state index contributed by atoms with van der Waals surface area (Å²) in [5.74, 6) is 0.474. The van der Waals surface area contributed by atoms with Gasteiger partial charge in [-0.1, -0.05) is 62.4 Å². The van der Waals surface area contributed by atoms with Gasteiger partial charge in [0.15, 0.2) is 0 Å². The van der Waals surface area contributed by atoms with Crippen LogP contribution in [0.4, 0.5) is 11.4 Å². The molecule has 0 saturated carbocycles. The molecule has 0 N–H and O–H groups in total. The smallest absolute Gasteiger partial charge is 0.0841 e. The maximum absolute atomic E-state index is 4.70. The second-order valence-corrected chi connectivity index (χ2v) is 8.32. The van der Waals surface area contributed by atoms with Crippen molar-refractivity contribution in [3.8, 4) is 0 Å². The van der Waals surface area contributed by atoms with Gasteiger partial charge in [-0.15, -0.1) is 0 Å². The zero-order valence-corrected chi connectivity index (χ0v) is 20.6. The van der Waals surface area contributed by atoms with Crippen LogP contribution in [0.25, 0.3) is 0 Å². The summed E-state index contributed by atoms with van der Waals surface area (Å²) in [6, 6.07) is 28.1. The van der Waals surface area contributed by atoms with E-state index in [9.17, 15) is 0 Å². The van der Waals surface area contributed by atoms with Crippen LogP contribution in [0.15, 0.2) is 107 Å². The van der Waals surface area contributed by atoms with Crippen molar-refractivity contribution < 1.29 is 0 Å². The molecule has 4 rings (SSSR count). The largest absolute Gasteiger partial charge is 0.255 e. The molecule has 34 heavy (non-hydrogen) atoms. The van der Waals surface area contributed by atoms with Crippen molar-refractivity contribution in [1.82, 2.24) is 9.97 Å². The van der Waals surface area contributed by atoms with Crippen molar-refractivity contribution in [1.29, 1.82) is 0 Å². The molecule has 2 aromatic heterocycles. The van der Waals surface area contributed by atoms with Crippen LogP contribution in [0.2, 0.25) is 0 Å². The Bertz CT molecular complexity index is 1240. The van der Waals surface area contributed by atoms with E-state index in [1.54, 1.807) is 12.4 Å². The third kappa shape index (κ3) is 7.04. The van der Waals surface area contributed by atoms with E-state index in [1.165, 1.54) is 11.1 Å². The molecule has 0 fully saturated rings. The first-order valence-corrected chi connectivity index (χ1v) is 11.5. The molecule has 0 unspecified atom stereocenters. The third-order valence-corrected chi connectivity index (χ3v) is 5.32. The highest BCUT2D eigenvalue weighted by molar-refractivity contribution is 5.99. The van der Waals surface area contributed by atoms with E-state index in [1.807, 2.05) is 74.5 Å². The molecule has 4 heteroatoms. The van der Waals surface area contributed by atoms with Crippen LogP contribution in [-0.2, 0) is 0 Å². The van der Waals surface area contributed by atoms with Gasteiger partial charge in [-0.3, -0.25) is 20.0 Å². The predicted octanol–water partition coefficient (Wildman–Crippen LogP) is 7.88. The van der Waals surface area contributed by atoms with E-state index in [2.05, 4.69) is 60.0 Å². The van der Waals surface area contributed by atoms with Crippen molar-refractivity contribution in [2.24, 2.45) is 9.98 Å². The number of para-hydroxylation sites is 2. The van der Waals surface area contributed by atoms with Gasteiger partial charge < -0.3 is 0 Å². The Morgan fingerprint density at radius 2 is 1.09 bits per heavy atom. The number of hydrogen-bond acceptors (Lipinski definition) is 4. The Morgan fingerprint density at radius 1 is 0.618 bits per heavy atom. The Kier molecular flexibility index (Phi) is 8.98. The Hall–Kier alpha value is -3.92. The predicted molar refractivity (Wildman–Crippen MR) is 144 cm³/mol. The standard InChI is InChI=1S/C16H18N2.C14H14N2/c1-12(2)14-8-4-5-10-16(14)18-13(3)15-9-6-7-11-17-15;1-11-7-3-4-8-13(11)16-12(2)14-9-5-6-10-15-14/h4-12H,1-3H3;3-10H,1-2H3. The molecule has 0 aliphatic heterocycles. The monoisotopic (exact) mass is 448 g/mol. The summed E-state index contributed by atoms with van der Waals surface area (Å²) in [6.45, 7) is 10.4. The number of aliphatic imine (C=N–C) groups is 2. The number of benzene rings is 2. The lowest BCUT2D eigenvalue weighted by molar-refractivity contribution is 0.867. The second-order valence-electron chi connectivity index (χ2n) is 8.32. The first-order valence-electron chi connectivity index (χ1n) is 11.5. The number of hydrogen-bond donors (Lipinski definition) is 0. The average molecular weight is 449 g/mol. The molecule has 4 nitrogen and oxygen atoms in total. The molecule has 0 aliphatic rings. The highest BCUT2D eigenvalue weighted by atomic mass is 14.8. The molecule has 0 amide bonds. The van der Waals surface area contributed by atoms with Crippen molar-refractivity contribution in [2.75, 3.05) is 0 Å². The lowest BCUT2D eigenvalue weighted by Gasteiger charge is -2.09. The second kappa shape index (κ2) is 12.4. The van der Waals surface area contributed by atoms with E-state index < -0.39 is 0 Å². The van der Waals surface area contributed by atoms with Crippen molar-refractivity contribution in [3.63, 3.8) is 0 Å². The van der Waals surface area contributed by atoms with Gasteiger partial charge in [0.2, 0.25) is 0 Å². The van der Waals surface area contributed by atoms with Crippen molar-refractivity contribution in [3.05, 3.63) is 120 Å². The molecule has 172 valence electrons. The zero-order chi connectivity index (χ0) is 24.3. The maximum atomic E-state index is 4.70. The third-order valence-electron chi connectivity index (χ3n) is 5.32. The van der Waals surface area contributed by atoms with Crippen LogP contribution < -0.4 is 0 Å². The number of pyridine rings is 2. The average Bonchev–Trinajstić information content (AvgIpc) is 2.87. The maximum Gasteiger partial charge on any atom is 0.0841 e. The van der Waals surface area contributed by atoms with Crippen LogP contribution in [0, 0.1) is 6.92 Å². The fraction of sp³-hybridized carbons (Fsp3) is 0.200. The van der Waals surface area contributed by atoms with Gasteiger partial charge in [0.05, 0.1) is 34.2 Å². The van der Waals surface area contributed by atoms with Crippen LogP contribution in [0.5, 0.6) is 0 Å². The van der Waals surface area contributed by atoms with Crippen LogP contribution in [0.1, 0.15) is 56.1 Å². The van der Waals surface area contributed by atoms with Crippen LogP contribution in [-0.4, -0.2) is 21.4 Å². The number of aryl methyl sites for hydroxylation is 1. The van der Waals surface area contributed by atoms with E-state index in [0.29, 0.717) is 5.92 Å². The van der Waals surface area contributed by atoms with Gasteiger partial charge in [-0.2, -0.15) is 0 Å². The normalized spacial score (nSPS) is 11.7. The number of nitrogens with zero attached hydrogens (tertiary/aromatic N) is 4. The lowest BCUT2D eigenvalue weighted by atomic mass is 10.0. The Balaban J connectivity index is 0.000000192. The van der Waals surface area contributed by atoms with Gasteiger partial charge in [0, 0.05) is 12.4 Å². The van der Waals surface area contributed by atoms with Crippen LogP contribution in [0.3, 0.4) is 0 Å². The first kappa shape index (κ1) is 24.7. The summed E-state index contributed by atoms with van der Waals surface area (Å²) in [5.41, 5.74) is 8.23. The summed E-state index contributed by atoms with van der Waals surface area (Å²) in [6.07, 6.45) is 3.58. The fourth-order valence-electron chi connectivity index (χ4n) is 3.40. The van der Waals surface area contributed by atoms with E-state index in [0.717, 1.165) is 34.2 Å². The topological polar surface area (TPSA) is 50.5 Å². The van der Waals surface area contributed by atoms with Crippen molar-refractivity contribution >= 4 is 22.8 Å². The summed E-state index contributed by atoms with van der Waals surface area (Å²) in [4.78, 5) is 17.9. The number of rotatable bonds is 5. The van der Waals surface area contributed by atoms with Gasteiger partial charge in [-0.25, -0.2) is 0 Å². The van der Waals surface area contributed by atoms with Gasteiger partial charge in [-0.05, 0) is 74.2 Å². The summed E-state index contributed by atoms with van der Waals surface area (Å²) in [5, 5.41) is 0. The van der Waals surface area contributed by atoms with Gasteiger partial charge in [0.1, 0.15) is 0 Å². The molecule has 0 bridgehead atoms. The van der Waals surface area contributed by atoms with Gasteiger partial charge in [0.25, 0.3) is 0 Å². The lowest BCUT2D eigenvalue weighted by Crippen LogP contribution is -1.97. The van der Waals surface area contributed by atoms with Crippen molar-refractivity contribution in [2.45, 2.75) is 40.5 Å². The molecule has 2 aromatic carbocycles. The minimum absolute atomic E-state index is 0.474. The molecular weight excluding hydrogens is 416 g/mol. The van der Waals surface area contributed by atoms with E-state index in [4.69, 9.17) is 4.99 Å². The molecule has 0 aliphatic carbocycles. The highest BCUT2D eigenvalue weighted by Crippen LogP contribution is 2.26. The SMILES string of the molecule is CC(=Nc1ccccc1C(C)C)c1ccccn1.CC(=Nc1ccccc1C)c1ccccn1. The van der Waals surface area contributed by atoms with E-state index in [-0.39, 0.29) is 0 Å². The summed E-state index contributed by atoms with van der Waals surface area (Å²) < 4.78 is 0. The van der Waals surface area contributed by atoms with Crippen LogP contribution >= 0.6 is 0 Å². The molecule has 0 spiro atoms. The zero-order valence-electron chi connectivity index (χ0n) is 20.6. The summed E-state index contributed by atoms with van der Waals surface area (Å²) >= 11 is 0. The molecule has 0 radical (unpaired) electrons. The first-order chi connectivity index (χ1) is 16.5. The Morgan fingerprint density at radius 3 is 1.59 bits per heavy atom. The molecule has 0 atom stereocenters. The number of aromatic nitrogens is 2. The molecule has 0 saturated heterocycles. The minimum atomic E-state index is 0.474. The Labute approximate surface area is 203 Å². The quantitative estimate of drug-likeness (QED) is 0.292. The minimum Gasteiger partial charge on any atom is -0.255 e. The molecular formula is C30H32N4. The van der Waals surface area contributed by atoms with E-state index >= 15 is 0 Å².